The third-order valence-corrected chi connectivity index (χ3v) is 4.01. The molecule has 1 aromatic carbocycles. The lowest BCUT2D eigenvalue weighted by atomic mass is 9.86. The number of hydrogen-bond acceptors (Lipinski definition) is 2. The molecule has 3 heteroatoms. The summed E-state index contributed by atoms with van der Waals surface area (Å²) in [6.07, 6.45) is 2.75. The number of benzene rings is 1. The van der Waals surface area contributed by atoms with E-state index in [9.17, 15) is 9.90 Å². The first-order chi connectivity index (χ1) is 9.27. The molecule has 0 amide bonds. The first kappa shape index (κ1) is 14.6. The van der Waals surface area contributed by atoms with Crippen LogP contribution in [-0.2, 0) is 4.79 Å². The number of hydrogen-bond donors (Lipinski definition) is 1. The normalized spacial score (nSPS) is 18.2. The van der Waals surface area contributed by atoms with Crippen molar-refractivity contribution < 1.29 is 9.90 Å². The SMILES string of the molecule is CC[C@H](C(=O)O)N1c2cc(C)ccc2C(C)=CC1(C)C. The molecule has 108 valence electrons. The van der Waals surface area contributed by atoms with Crippen LogP contribution >= 0.6 is 0 Å². The van der Waals surface area contributed by atoms with E-state index < -0.39 is 12.0 Å². The Hall–Kier alpha value is -1.77. The number of nitrogens with zero attached hydrogens (tertiary/aromatic N) is 1. The average Bonchev–Trinajstić information content (AvgIpc) is 2.32. The second-order valence-electron chi connectivity index (χ2n) is 6.13. The Morgan fingerprint density at radius 1 is 1.35 bits per heavy atom. The van der Waals surface area contributed by atoms with Crippen LogP contribution in [0.1, 0.15) is 45.2 Å². The molecule has 1 heterocycles. The van der Waals surface area contributed by atoms with Gasteiger partial charge in [-0.2, -0.15) is 0 Å². The minimum atomic E-state index is -0.763. The van der Waals surface area contributed by atoms with Crippen LogP contribution in [0.2, 0.25) is 0 Å². The van der Waals surface area contributed by atoms with Crippen LogP contribution in [-0.4, -0.2) is 22.7 Å². The molecular weight excluding hydrogens is 250 g/mol. The monoisotopic (exact) mass is 273 g/mol. The number of fused-ring (bicyclic) bond motifs is 1. The van der Waals surface area contributed by atoms with Crippen LogP contribution in [0.15, 0.2) is 24.3 Å². The molecular formula is C17H23NO2. The molecule has 1 aromatic rings. The summed E-state index contributed by atoms with van der Waals surface area (Å²) in [7, 11) is 0. The summed E-state index contributed by atoms with van der Waals surface area (Å²) >= 11 is 0. The second-order valence-corrected chi connectivity index (χ2v) is 6.13. The Bertz CT molecular complexity index is 572. The number of aliphatic carboxylic acids is 1. The Balaban J connectivity index is 2.66. The van der Waals surface area contributed by atoms with Gasteiger partial charge in [-0.15, -0.1) is 0 Å². The van der Waals surface area contributed by atoms with Crippen molar-refractivity contribution in [3.63, 3.8) is 0 Å². The van der Waals surface area contributed by atoms with Gasteiger partial charge in [0.2, 0.25) is 0 Å². The first-order valence-electron chi connectivity index (χ1n) is 7.10. The first-order valence-corrected chi connectivity index (χ1v) is 7.10. The van der Waals surface area contributed by atoms with E-state index in [1.807, 2.05) is 18.7 Å². The molecule has 1 N–H and O–H groups in total. The summed E-state index contributed by atoms with van der Waals surface area (Å²) in [5, 5.41) is 9.56. The third-order valence-electron chi connectivity index (χ3n) is 4.01. The van der Waals surface area contributed by atoms with Crippen molar-refractivity contribution in [2.75, 3.05) is 4.90 Å². The molecule has 3 nitrogen and oxygen atoms in total. The van der Waals surface area contributed by atoms with Gasteiger partial charge in [0.05, 0.1) is 5.54 Å². The van der Waals surface area contributed by atoms with E-state index in [2.05, 4.69) is 45.0 Å². The lowest BCUT2D eigenvalue weighted by Crippen LogP contribution is -2.54. The van der Waals surface area contributed by atoms with Gasteiger partial charge < -0.3 is 10.0 Å². The molecule has 0 saturated carbocycles. The third kappa shape index (κ3) is 2.33. The number of anilines is 1. The van der Waals surface area contributed by atoms with Gasteiger partial charge in [-0.3, -0.25) is 0 Å². The Kier molecular flexibility index (Phi) is 3.63. The van der Waals surface area contributed by atoms with Crippen molar-refractivity contribution in [2.45, 2.75) is 52.6 Å². The van der Waals surface area contributed by atoms with Gasteiger partial charge in [-0.1, -0.05) is 25.1 Å². The van der Waals surface area contributed by atoms with Gasteiger partial charge in [0.15, 0.2) is 0 Å². The van der Waals surface area contributed by atoms with Crippen molar-refractivity contribution in [3.8, 4) is 0 Å². The van der Waals surface area contributed by atoms with Crippen LogP contribution in [0.25, 0.3) is 5.57 Å². The Morgan fingerprint density at radius 2 is 2.00 bits per heavy atom. The second kappa shape index (κ2) is 4.97. The molecule has 2 rings (SSSR count). The van der Waals surface area contributed by atoms with E-state index in [0.717, 1.165) is 16.8 Å². The maximum Gasteiger partial charge on any atom is 0.326 e. The van der Waals surface area contributed by atoms with Gasteiger partial charge in [-0.25, -0.2) is 4.79 Å². The van der Waals surface area contributed by atoms with Gasteiger partial charge >= 0.3 is 5.97 Å². The largest absolute Gasteiger partial charge is 0.480 e. The standard InChI is InChI=1S/C17H23NO2/c1-6-14(16(19)20)18-15-9-11(2)7-8-13(15)12(3)10-17(18,4)5/h7-10,14H,6H2,1-5H3,(H,19,20)/t14-/m1/s1. The lowest BCUT2D eigenvalue weighted by Gasteiger charge is -2.46. The summed E-state index contributed by atoms with van der Waals surface area (Å²) in [6, 6.07) is 5.76. The van der Waals surface area contributed by atoms with Crippen molar-refractivity contribution in [1.82, 2.24) is 0 Å². The van der Waals surface area contributed by atoms with Gasteiger partial charge in [0.25, 0.3) is 0 Å². The fraction of sp³-hybridized carbons (Fsp3) is 0.471. The topological polar surface area (TPSA) is 40.5 Å². The van der Waals surface area contributed by atoms with E-state index in [1.165, 1.54) is 5.57 Å². The van der Waals surface area contributed by atoms with Crippen LogP contribution in [0, 0.1) is 6.92 Å². The molecule has 0 aliphatic carbocycles. The molecule has 1 atom stereocenters. The molecule has 0 bridgehead atoms. The van der Waals surface area contributed by atoms with Gasteiger partial charge in [0.1, 0.15) is 6.04 Å². The smallest absolute Gasteiger partial charge is 0.326 e. The summed E-state index contributed by atoms with van der Waals surface area (Å²) in [5.74, 6) is -0.763. The highest BCUT2D eigenvalue weighted by atomic mass is 16.4. The number of carboxylic acids is 1. The molecule has 1 aliphatic heterocycles. The van der Waals surface area contributed by atoms with Crippen LogP contribution in [0.3, 0.4) is 0 Å². The quantitative estimate of drug-likeness (QED) is 0.909. The zero-order valence-corrected chi connectivity index (χ0v) is 12.9. The van der Waals surface area contributed by atoms with E-state index in [1.54, 1.807) is 0 Å². The maximum atomic E-state index is 11.6. The van der Waals surface area contributed by atoms with Crippen LogP contribution in [0.5, 0.6) is 0 Å². The molecule has 0 radical (unpaired) electrons. The van der Waals surface area contributed by atoms with E-state index in [-0.39, 0.29) is 5.54 Å². The predicted molar refractivity (Wildman–Crippen MR) is 83.1 cm³/mol. The van der Waals surface area contributed by atoms with Crippen LogP contribution < -0.4 is 4.90 Å². The minimum absolute atomic E-state index is 0.302. The number of carbonyl (C=O) groups is 1. The van der Waals surface area contributed by atoms with E-state index in [0.29, 0.717) is 6.42 Å². The minimum Gasteiger partial charge on any atom is -0.480 e. The van der Waals surface area contributed by atoms with Crippen LogP contribution in [0.4, 0.5) is 5.69 Å². The molecule has 0 spiro atoms. The van der Waals surface area contributed by atoms with Crippen molar-refractivity contribution in [2.24, 2.45) is 0 Å². The van der Waals surface area contributed by atoms with Gasteiger partial charge in [0, 0.05) is 11.3 Å². The summed E-state index contributed by atoms with van der Waals surface area (Å²) in [4.78, 5) is 13.7. The van der Waals surface area contributed by atoms with Crippen molar-refractivity contribution in [3.05, 3.63) is 35.4 Å². The number of rotatable bonds is 3. The van der Waals surface area contributed by atoms with E-state index in [4.69, 9.17) is 0 Å². The molecule has 0 aromatic heterocycles. The molecule has 0 unspecified atom stereocenters. The fourth-order valence-corrected chi connectivity index (χ4v) is 3.20. The van der Waals surface area contributed by atoms with E-state index >= 15 is 0 Å². The Morgan fingerprint density at radius 3 is 2.55 bits per heavy atom. The summed E-state index contributed by atoms with van der Waals surface area (Å²) < 4.78 is 0. The summed E-state index contributed by atoms with van der Waals surface area (Å²) in [6.45, 7) is 10.2. The number of allylic oxidation sites excluding steroid dienone is 1. The summed E-state index contributed by atoms with van der Waals surface area (Å²) in [5.41, 5.74) is 4.23. The number of carboxylic acid groups (broad SMARTS) is 1. The molecule has 20 heavy (non-hydrogen) atoms. The Labute approximate surface area is 120 Å². The maximum absolute atomic E-state index is 11.6. The highest BCUT2D eigenvalue weighted by molar-refractivity contribution is 5.87. The lowest BCUT2D eigenvalue weighted by molar-refractivity contribution is -0.139. The molecule has 0 saturated heterocycles. The van der Waals surface area contributed by atoms with Crippen molar-refractivity contribution in [1.29, 1.82) is 0 Å². The zero-order chi connectivity index (χ0) is 15.1. The predicted octanol–water partition coefficient (Wildman–Crippen LogP) is 3.86. The fourth-order valence-electron chi connectivity index (χ4n) is 3.20. The average molecular weight is 273 g/mol. The van der Waals surface area contributed by atoms with Crippen molar-refractivity contribution >= 4 is 17.2 Å². The highest BCUT2D eigenvalue weighted by Crippen LogP contribution is 2.41. The molecule has 0 fully saturated rings. The molecule has 1 aliphatic rings. The number of aryl methyl sites for hydroxylation is 1. The zero-order valence-electron chi connectivity index (χ0n) is 12.9. The van der Waals surface area contributed by atoms with Gasteiger partial charge in [-0.05, 0) is 51.3 Å². The highest BCUT2D eigenvalue weighted by Gasteiger charge is 2.38.